The molecule has 0 bridgehead atoms. The molecule has 1 aliphatic heterocycles. The number of hydrogen-bond donors (Lipinski definition) is 1. The maximum Gasteiger partial charge on any atom is 0.249 e. The van der Waals surface area contributed by atoms with Gasteiger partial charge in [0.05, 0.1) is 5.71 Å². The molecule has 3 rings (SSSR count). The Morgan fingerprint density at radius 1 is 1.20 bits per heavy atom. The highest BCUT2D eigenvalue weighted by Gasteiger charge is 2.25. The van der Waals surface area contributed by atoms with Crippen LogP contribution < -0.4 is 5.32 Å². The molecule has 0 saturated heterocycles. The SMILES string of the molecule is CCCCCCc1cc2c(s1)NC(=O)C(C)N=C2c1ccccc1Cl. The molecule has 3 nitrogen and oxygen atoms in total. The van der Waals surface area contributed by atoms with Gasteiger partial charge < -0.3 is 5.32 Å². The highest BCUT2D eigenvalue weighted by molar-refractivity contribution is 7.16. The maximum atomic E-state index is 12.3. The van der Waals surface area contributed by atoms with Crippen molar-refractivity contribution >= 4 is 39.6 Å². The number of carbonyl (C=O) groups excluding carboxylic acids is 1. The molecule has 1 aromatic heterocycles. The zero-order valence-corrected chi connectivity index (χ0v) is 16.2. The molecule has 2 heterocycles. The minimum atomic E-state index is -0.432. The maximum absolute atomic E-state index is 12.3. The van der Waals surface area contributed by atoms with Crippen molar-refractivity contribution in [2.75, 3.05) is 5.32 Å². The lowest BCUT2D eigenvalue weighted by atomic mass is 10.0. The number of rotatable bonds is 6. The first kappa shape index (κ1) is 18.2. The average Bonchev–Trinajstić information content (AvgIpc) is 2.95. The van der Waals surface area contributed by atoms with Crippen LogP contribution in [0.1, 0.15) is 55.5 Å². The predicted octanol–water partition coefficient (Wildman–Crippen LogP) is 5.70. The average molecular weight is 375 g/mol. The normalized spacial score (nSPS) is 16.8. The second-order valence-corrected chi connectivity index (χ2v) is 7.93. The summed E-state index contributed by atoms with van der Waals surface area (Å²) in [6.07, 6.45) is 5.97. The van der Waals surface area contributed by atoms with E-state index in [1.165, 1.54) is 30.6 Å². The fourth-order valence-corrected chi connectivity index (χ4v) is 4.29. The van der Waals surface area contributed by atoms with Crippen molar-refractivity contribution in [3.8, 4) is 0 Å². The number of anilines is 1. The quantitative estimate of drug-likeness (QED) is 0.647. The van der Waals surface area contributed by atoms with Crippen LogP contribution in [-0.2, 0) is 11.2 Å². The van der Waals surface area contributed by atoms with Crippen molar-refractivity contribution in [1.82, 2.24) is 0 Å². The van der Waals surface area contributed by atoms with Gasteiger partial charge in [0.2, 0.25) is 5.91 Å². The van der Waals surface area contributed by atoms with Gasteiger partial charge in [-0.1, -0.05) is 56.0 Å². The minimum Gasteiger partial charge on any atom is -0.315 e. The van der Waals surface area contributed by atoms with Crippen molar-refractivity contribution in [3.05, 3.63) is 51.4 Å². The molecule has 1 unspecified atom stereocenters. The molecule has 1 atom stereocenters. The number of nitrogens with one attached hydrogen (secondary N) is 1. The molecular formula is C20H23ClN2OS. The Labute approximate surface area is 158 Å². The number of amides is 1. The van der Waals surface area contributed by atoms with Crippen molar-refractivity contribution in [2.24, 2.45) is 4.99 Å². The van der Waals surface area contributed by atoms with Gasteiger partial charge in [-0.05, 0) is 31.9 Å². The molecule has 0 fully saturated rings. The predicted molar refractivity (Wildman–Crippen MR) is 107 cm³/mol. The Morgan fingerprint density at radius 2 is 2.00 bits per heavy atom. The van der Waals surface area contributed by atoms with E-state index in [-0.39, 0.29) is 5.91 Å². The number of nitrogens with zero attached hydrogens (tertiary/aromatic N) is 1. The van der Waals surface area contributed by atoms with Crippen LogP contribution in [0.5, 0.6) is 0 Å². The lowest BCUT2D eigenvalue weighted by Crippen LogP contribution is -2.22. The number of fused-ring (bicyclic) bond motifs is 1. The Balaban J connectivity index is 1.96. The van der Waals surface area contributed by atoms with Crippen molar-refractivity contribution in [2.45, 2.75) is 52.0 Å². The number of hydrogen-bond acceptors (Lipinski definition) is 3. The second kappa shape index (κ2) is 8.15. The number of benzene rings is 1. The van der Waals surface area contributed by atoms with Gasteiger partial charge in [0.25, 0.3) is 0 Å². The van der Waals surface area contributed by atoms with Gasteiger partial charge in [0.15, 0.2) is 0 Å². The fraction of sp³-hybridized carbons (Fsp3) is 0.400. The Kier molecular flexibility index (Phi) is 5.92. The third-order valence-corrected chi connectivity index (χ3v) is 5.82. The van der Waals surface area contributed by atoms with Crippen LogP contribution in [0.4, 0.5) is 5.00 Å². The molecule has 1 amide bonds. The van der Waals surface area contributed by atoms with E-state index in [0.29, 0.717) is 5.02 Å². The zero-order valence-electron chi connectivity index (χ0n) is 14.6. The first-order valence-corrected chi connectivity index (χ1v) is 10.1. The van der Waals surface area contributed by atoms with Crippen LogP contribution in [0.15, 0.2) is 35.3 Å². The van der Waals surface area contributed by atoms with Crippen LogP contribution in [0.3, 0.4) is 0 Å². The number of aliphatic imine (C=N–C) groups is 1. The highest BCUT2D eigenvalue weighted by atomic mass is 35.5. The topological polar surface area (TPSA) is 41.5 Å². The molecule has 0 aliphatic carbocycles. The van der Waals surface area contributed by atoms with Gasteiger partial charge in [0.1, 0.15) is 11.0 Å². The van der Waals surface area contributed by atoms with Gasteiger partial charge in [-0.3, -0.25) is 9.79 Å². The number of unbranched alkanes of at least 4 members (excludes halogenated alkanes) is 3. The number of halogens is 1. The summed E-state index contributed by atoms with van der Waals surface area (Å²) in [4.78, 5) is 18.3. The monoisotopic (exact) mass is 374 g/mol. The molecular weight excluding hydrogens is 352 g/mol. The van der Waals surface area contributed by atoms with Crippen LogP contribution in [0, 0.1) is 0 Å². The van der Waals surface area contributed by atoms with Gasteiger partial charge in [-0.2, -0.15) is 0 Å². The Morgan fingerprint density at radius 3 is 2.76 bits per heavy atom. The molecule has 5 heteroatoms. The van der Waals surface area contributed by atoms with E-state index in [0.717, 1.165) is 28.3 Å². The summed E-state index contributed by atoms with van der Waals surface area (Å²) in [5, 5.41) is 4.58. The number of aryl methyl sites for hydroxylation is 1. The molecule has 1 aromatic carbocycles. The van der Waals surface area contributed by atoms with E-state index in [4.69, 9.17) is 11.6 Å². The smallest absolute Gasteiger partial charge is 0.249 e. The van der Waals surface area contributed by atoms with E-state index in [2.05, 4.69) is 23.3 Å². The number of carbonyl (C=O) groups is 1. The lowest BCUT2D eigenvalue weighted by Gasteiger charge is -2.08. The summed E-state index contributed by atoms with van der Waals surface area (Å²) in [6.45, 7) is 4.03. The van der Waals surface area contributed by atoms with Crippen LogP contribution in [0.25, 0.3) is 0 Å². The molecule has 2 aromatic rings. The van der Waals surface area contributed by atoms with E-state index < -0.39 is 6.04 Å². The molecule has 25 heavy (non-hydrogen) atoms. The fourth-order valence-electron chi connectivity index (χ4n) is 2.97. The van der Waals surface area contributed by atoms with Crippen molar-refractivity contribution in [1.29, 1.82) is 0 Å². The summed E-state index contributed by atoms with van der Waals surface area (Å²) in [7, 11) is 0. The first-order chi connectivity index (χ1) is 12.1. The van der Waals surface area contributed by atoms with Crippen molar-refractivity contribution < 1.29 is 4.79 Å². The molecule has 0 radical (unpaired) electrons. The first-order valence-electron chi connectivity index (χ1n) is 8.86. The van der Waals surface area contributed by atoms with E-state index >= 15 is 0 Å². The van der Waals surface area contributed by atoms with Gasteiger partial charge in [-0.25, -0.2) is 0 Å². The summed E-state index contributed by atoms with van der Waals surface area (Å²) in [6, 6.07) is 9.43. The van der Waals surface area contributed by atoms with Crippen LogP contribution in [0.2, 0.25) is 5.02 Å². The summed E-state index contributed by atoms with van der Waals surface area (Å²) >= 11 is 8.06. The zero-order chi connectivity index (χ0) is 17.8. The summed E-state index contributed by atoms with van der Waals surface area (Å²) in [5.41, 5.74) is 2.67. The minimum absolute atomic E-state index is 0.0670. The molecule has 1 N–H and O–H groups in total. The van der Waals surface area contributed by atoms with Crippen molar-refractivity contribution in [3.63, 3.8) is 0 Å². The molecule has 0 spiro atoms. The van der Waals surface area contributed by atoms with E-state index in [1.807, 2.05) is 31.2 Å². The number of thiophene rings is 1. The Hall–Kier alpha value is -1.65. The van der Waals surface area contributed by atoms with Crippen LogP contribution in [-0.4, -0.2) is 17.7 Å². The van der Waals surface area contributed by atoms with Gasteiger partial charge in [0, 0.05) is 21.0 Å². The lowest BCUT2D eigenvalue weighted by molar-refractivity contribution is -0.116. The second-order valence-electron chi connectivity index (χ2n) is 6.39. The largest absolute Gasteiger partial charge is 0.315 e. The summed E-state index contributed by atoms with van der Waals surface area (Å²) < 4.78 is 0. The van der Waals surface area contributed by atoms with E-state index in [1.54, 1.807) is 11.3 Å². The third-order valence-electron chi connectivity index (χ3n) is 4.38. The standard InChI is InChI=1S/C20H23ClN2OS/c1-3-4-5-6-9-14-12-16-18(15-10-7-8-11-17(15)21)22-13(2)19(24)23-20(16)25-14/h7-8,10-13H,3-6,9H2,1-2H3,(H,23,24). The Bertz CT molecular complexity index is 797. The van der Waals surface area contributed by atoms with Gasteiger partial charge in [-0.15, -0.1) is 11.3 Å². The van der Waals surface area contributed by atoms with Gasteiger partial charge >= 0.3 is 0 Å². The molecule has 132 valence electrons. The highest BCUT2D eigenvalue weighted by Crippen LogP contribution is 2.35. The van der Waals surface area contributed by atoms with Crippen LogP contribution >= 0.6 is 22.9 Å². The summed E-state index contributed by atoms with van der Waals surface area (Å²) in [5.74, 6) is -0.0670. The molecule has 1 aliphatic rings. The third kappa shape index (κ3) is 4.13. The van der Waals surface area contributed by atoms with E-state index in [9.17, 15) is 4.79 Å². The molecule has 0 saturated carbocycles.